The van der Waals surface area contributed by atoms with E-state index in [0.29, 0.717) is 0 Å². The summed E-state index contributed by atoms with van der Waals surface area (Å²) in [6.45, 7) is 3.55. The van der Waals surface area contributed by atoms with E-state index >= 15 is 0 Å². The molecule has 0 bridgehead atoms. The maximum absolute atomic E-state index is 11.6. The van der Waals surface area contributed by atoms with E-state index in [1.165, 1.54) is 0 Å². The fourth-order valence-corrected chi connectivity index (χ4v) is 1.87. The number of anilines is 1. The highest BCUT2D eigenvalue weighted by molar-refractivity contribution is 5.94. The third-order valence-corrected chi connectivity index (χ3v) is 3.40. The summed E-state index contributed by atoms with van der Waals surface area (Å²) in [6, 6.07) is 6.87. The molecule has 2 rings (SSSR count). The summed E-state index contributed by atoms with van der Waals surface area (Å²) in [5, 5.41) is 5.72. The number of hydrogen-bond acceptors (Lipinski definition) is 3. The molecule has 1 aliphatic carbocycles. The van der Waals surface area contributed by atoms with Crippen molar-refractivity contribution in [3.8, 4) is 0 Å². The lowest BCUT2D eigenvalue weighted by Crippen LogP contribution is -2.39. The predicted molar refractivity (Wildman–Crippen MR) is 78.0 cm³/mol. The first-order chi connectivity index (χ1) is 9.47. The molecule has 0 aliphatic heterocycles. The van der Waals surface area contributed by atoms with E-state index in [9.17, 15) is 9.59 Å². The third-order valence-electron chi connectivity index (χ3n) is 3.40. The van der Waals surface area contributed by atoms with Gasteiger partial charge in [-0.1, -0.05) is 12.1 Å². The van der Waals surface area contributed by atoms with Crippen LogP contribution in [0, 0.1) is 5.92 Å². The molecule has 1 aliphatic rings. The van der Waals surface area contributed by atoms with Gasteiger partial charge in [0.05, 0.1) is 12.1 Å². The number of hydrogen-bond donors (Lipinski definition) is 3. The Morgan fingerprint density at radius 2 is 1.80 bits per heavy atom. The van der Waals surface area contributed by atoms with Crippen LogP contribution in [0.4, 0.5) is 5.69 Å². The summed E-state index contributed by atoms with van der Waals surface area (Å²) >= 11 is 0. The van der Waals surface area contributed by atoms with Gasteiger partial charge >= 0.3 is 0 Å². The molecule has 108 valence electrons. The molecular formula is C15H21N3O2. The molecule has 1 saturated carbocycles. The first kappa shape index (κ1) is 14.5. The van der Waals surface area contributed by atoms with Crippen molar-refractivity contribution in [1.29, 1.82) is 0 Å². The van der Waals surface area contributed by atoms with Crippen LogP contribution >= 0.6 is 0 Å². The Bertz CT molecular complexity index is 492. The van der Waals surface area contributed by atoms with Gasteiger partial charge in [0, 0.05) is 11.6 Å². The lowest BCUT2D eigenvalue weighted by Gasteiger charge is -2.16. The van der Waals surface area contributed by atoms with E-state index in [1.807, 2.05) is 31.2 Å². The summed E-state index contributed by atoms with van der Waals surface area (Å²) in [6.07, 6.45) is 1.98. The summed E-state index contributed by atoms with van der Waals surface area (Å²) in [7, 11) is 0. The third kappa shape index (κ3) is 3.81. The topological polar surface area (TPSA) is 84.2 Å². The van der Waals surface area contributed by atoms with Gasteiger partial charge in [0.2, 0.25) is 11.8 Å². The Kier molecular flexibility index (Phi) is 4.39. The summed E-state index contributed by atoms with van der Waals surface area (Å²) in [5.74, 6) is 0.110. The van der Waals surface area contributed by atoms with Gasteiger partial charge < -0.3 is 16.4 Å². The lowest BCUT2D eigenvalue weighted by molar-refractivity contribution is -0.122. The molecule has 2 atom stereocenters. The normalized spacial score (nSPS) is 17.1. The summed E-state index contributed by atoms with van der Waals surface area (Å²) in [4.78, 5) is 23.2. The number of benzene rings is 1. The molecule has 20 heavy (non-hydrogen) atoms. The van der Waals surface area contributed by atoms with Crippen LogP contribution < -0.4 is 16.4 Å². The average molecular weight is 275 g/mol. The SMILES string of the molecule is CC(N)C(=O)NC(C)c1ccc(NC(=O)C2CC2)cc1. The minimum absolute atomic E-state index is 0.0936. The molecule has 0 heterocycles. The van der Waals surface area contributed by atoms with Crippen molar-refractivity contribution in [1.82, 2.24) is 5.32 Å². The van der Waals surface area contributed by atoms with Crippen molar-refractivity contribution in [3.05, 3.63) is 29.8 Å². The van der Waals surface area contributed by atoms with Crippen molar-refractivity contribution >= 4 is 17.5 Å². The first-order valence-electron chi connectivity index (χ1n) is 6.94. The van der Waals surface area contributed by atoms with Crippen LogP contribution in [0.25, 0.3) is 0 Å². The van der Waals surface area contributed by atoms with E-state index < -0.39 is 6.04 Å². The Morgan fingerprint density at radius 1 is 1.20 bits per heavy atom. The smallest absolute Gasteiger partial charge is 0.237 e. The maximum Gasteiger partial charge on any atom is 0.237 e. The van der Waals surface area contributed by atoms with E-state index in [2.05, 4.69) is 10.6 Å². The summed E-state index contributed by atoms with van der Waals surface area (Å²) in [5.41, 5.74) is 7.28. The monoisotopic (exact) mass is 275 g/mol. The van der Waals surface area contributed by atoms with Crippen LogP contribution in [0.5, 0.6) is 0 Å². The zero-order valence-corrected chi connectivity index (χ0v) is 11.8. The molecule has 4 N–H and O–H groups in total. The minimum Gasteiger partial charge on any atom is -0.348 e. The number of carbonyl (C=O) groups excluding carboxylic acids is 2. The lowest BCUT2D eigenvalue weighted by atomic mass is 10.1. The fraction of sp³-hybridized carbons (Fsp3) is 0.467. The van der Waals surface area contributed by atoms with Crippen LogP contribution in [-0.4, -0.2) is 17.9 Å². The van der Waals surface area contributed by atoms with Gasteiger partial charge in [0.1, 0.15) is 0 Å². The van der Waals surface area contributed by atoms with Crippen molar-refractivity contribution < 1.29 is 9.59 Å². The molecule has 0 spiro atoms. The van der Waals surface area contributed by atoms with Crippen LogP contribution in [-0.2, 0) is 9.59 Å². The second kappa shape index (κ2) is 6.05. The molecular weight excluding hydrogens is 254 g/mol. The average Bonchev–Trinajstić information content (AvgIpc) is 3.23. The fourth-order valence-electron chi connectivity index (χ4n) is 1.87. The number of rotatable bonds is 5. The van der Waals surface area contributed by atoms with Gasteiger partial charge in [-0.3, -0.25) is 9.59 Å². The van der Waals surface area contributed by atoms with Crippen molar-refractivity contribution in [2.24, 2.45) is 11.7 Å². The molecule has 5 heteroatoms. The Hall–Kier alpha value is -1.88. The zero-order valence-electron chi connectivity index (χ0n) is 11.8. The molecule has 0 radical (unpaired) electrons. The highest BCUT2D eigenvalue weighted by atomic mass is 16.2. The largest absolute Gasteiger partial charge is 0.348 e. The molecule has 1 fully saturated rings. The Morgan fingerprint density at radius 3 is 2.30 bits per heavy atom. The zero-order chi connectivity index (χ0) is 14.7. The number of carbonyl (C=O) groups is 2. The molecule has 5 nitrogen and oxygen atoms in total. The van der Waals surface area contributed by atoms with E-state index in [1.54, 1.807) is 6.92 Å². The standard InChI is InChI=1S/C15H21N3O2/c1-9(16)14(19)17-10(2)11-5-7-13(8-6-11)18-15(20)12-3-4-12/h5-10,12H,3-4,16H2,1-2H3,(H,17,19)(H,18,20). The van der Waals surface area contributed by atoms with Gasteiger partial charge in [0.25, 0.3) is 0 Å². The number of nitrogens with one attached hydrogen (secondary N) is 2. The van der Waals surface area contributed by atoms with Gasteiger partial charge in [-0.25, -0.2) is 0 Å². The van der Waals surface area contributed by atoms with E-state index in [4.69, 9.17) is 5.73 Å². The van der Waals surface area contributed by atoms with Crippen LogP contribution in [0.3, 0.4) is 0 Å². The first-order valence-corrected chi connectivity index (χ1v) is 6.94. The van der Waals surface area contributed by atoms with Crippen molar-refractivity contribution in [2.45, 2.75) is 38.8 Å². The molecule has 1 aromatic carbocycles. The quantitative estimate of drug-likeness (QED) is 0.762. The molecule has 2 amide bonds. The van der Waals surface area contributed by atoms with Crippen molar-refractivity contribution in [3.63, 3.8) is 0 Å². The van der Waals surface area contributed by atoms with Gasteiger partial charge in [-0.2, -0.15) is 0 Å². The predicted octanol–water partition coefficient (Wildman–Crippen LogP) is 1.56. The highest BCUT2D eigenvalue weighted by Crippen LogP contribution is 2.30. The van der Waals surface area contributed by atoms with E-state index in [0.717, 1.165) is 24.1 Å². The van der Waals surface area contributed by atoms with Gasteiger partial charge in [-0.15, -0.1) is 0 Å². The van der Waals surface area contributed by atoms with Gasteiger partial charge in [0.15, 0.2) is 0 Å². The molecule has 1 aromatic rings. The second-order valence-corrected chi connectivity index (χ2v) is 5.40. The minimum atomic E-state index is -0.519. The van der Waals surface area contributed by atoms with E-state index in [-0.39, 0.29) is 23.8 Å². The molecule has 2 unspecified atom stereocenters. The van der Waals surface area contributed by atoms with Crippen LogP contribution in [0.1, 0.15) is 38.3 Å². The second-order valence-electron chi connectivity index (χ2n) is 5.40. The Labute approximate surface area is 118 Å². The van der Waals surface area contributed by atoms with Crippen LogP contribution in [0.15, 0.2) is 24.3 Å². The molecule has 0 aromatic heterocycles. The molecule has 0 saturated heterocycles. The Balaban J connectivity index is 1.93. The van der Waals surface area contributed by atoms with Crippen molar-refractivity contribution in [2.75, 3.05) is 5.32 Å². The van der Waals surface area contributed by atoms with Crippen LogP contribution in [0.2, 0.25) is 0 Å². The number of amides is 2. The van der Waals surface area contributed by atoms with Gasteiger partial charge in [-0.05, 0) is 44.4 Å². The summed E-state index contributed by atoms with van der Waals surface area (Å²) < 4.78 is 0. The highest BCUT2D eigenvalue weighted by Gasteiger charge is 2.29. The number of nitrogens with two attached hydrogens (primary N) is 1. The maximum atomic E-state index is 11.6.